The Morgan fingerprint density at radius 1 is 1.30 bits per heavy atom. The molecule has 0 aromatic rings. The van der Waals surface area contributed by atoms with Gasteiger partial charge in [-0.2, -0.15) is 0 Å². The van der Waals surface area contributed by atoms with E-state index in [1.165, 1.54) is 25.7 Å². The molecule has 2 aliphatic rings. The summed E-state index contributed by atoms with van der Waals surface area (Å²) in [6, 6.07) is 0. The van der Waals surface area contributed by atoms with Crippen molar-refractivity contribution in [2.24, 2.45) is 5.92 Å². The first-order valence-electron chi connectivity index (χ1n) is 4.23. The van der Waals surface area contributed by atoms with E-state index < -0.39 is 0 Å². The summed E-state index contributed by atoms with van der Waals surface area (Å²) < 4.78 is 5.15. The van der Waals surface area contributed by atoms with E-state index in [1.807, 2.05) is 0 Å². The second-order valence-electron chi connectivity index (χ2n) is 3.26. The minimum Gasteiger partial charge on any atom is -0.380 e. The van der Waals surface area contributed by atoms with Gasteiger partial charge in [-0.1, -0.05) is 11.6 Å². The van der Waals surface area contributed by atoms with E-state index in [4.69, 9.17) is 4.74 Å². The standard InChI is InChI=1S/C9H14O/c1-2-4-8(5-3-1)9-6-10-7-9/h4,9H,1-3,5-7H2. The zero-order chi connectivity index (χ0) is 6.81. The van der Waals surface area contributed by atoms with Crippen molar-refractivity contribution >= 4 is 0 Å². The van der Waals surface area contributed by atoms with Crippen LogP contribution in [0.2, 0.25) is 0 Å². The third-order valence-electron chi connectivity index (χ3n) is 2.49. The number of ether oxygens (including phenoxy) is 1. The quantitative estimate of drug-likeness (QED) is 0.504. The minimum atomic E-state index is 0.806. The molecule has 0 N–H and O–H groups in total. The Kier molecular flexibility index (Phi) is 1.76. The smallest absolute Gasteiger partial charge is 0.0553 e. The molecule has 0 aromatic heterocycles. The van der Waals surface area contributed by atoms with Crippen molar-refractivity contribution in [3.63, 3.8) is 0 Å². The van der Waals surface area contributed by atoms with Crippen LogP contribution in [-0.2, 0) is 4.74 Å². The predicted octanol–water partition coefficient (Wildman–Crippen LogP) is 2.13. The van der Waals surface area contributed by atoms with Crippen LogP contribution in [0.3, 0.4) is 0 Å². The molecule has 0 bridgehead atoms. The second kappa shape index (κ2) is 2.75. The van der Waals surface area contributed by atoms with Gasteiger partial charge in [0.1, 0.15) is 0 Å². The minimum absolute atomic E-state index is 0.806. The molecule has 0 atom stereocenters. The summed E-state index contributed by atoms with van der Waals surface area (Å²) in [4.78, 5) is 0. The molecule has 0 saturated carbocycles. The van der Waals surface area contributed by atoms with Crippen LogP contribution in [0, 0.1) is 5.92 Å². The lowest BCUT2D eigenvalue weighted by molar-refractivity contribution is -0.0153. The van der Waals surface area contributed by atoms with Gasteiger partial charge in [0, 0.05) is 5.92 Å². The van der Waals surface area contributed by atoms with E-state index in [9.17, 15) is 0 Å². The number of allylic oxidation sites excluding steroid dienone is 1. The first-order chi connectivity index (χ1) is 4.97. The van der Waals surface area contributed by atoms with Gasteiger partial charge in [-0.3, -0.25) is 0 Å². The maximum atomic E-state index is 5.15. The molecule has 0 unspecified atom stereocenters. The van der Waals surface area contributed by atoms with E-state index in [0.717, 1.165) is 19.1 Å². The molecule has 1 fully saturated rings. The molecule has 56 valence electrons. The van der Waals surface area contributed by atoms with Gasteiger partial charge in [0.2, 0.25) is 0 Å². The molecule has 1 heterocycles. The first-order valence-corrected chi connectivity index (χ1v) is 4.23. The highest BCUT2D eigenvalue weighted by molar-refractivity contribution is 5.11. The summed E-state index contributed by atoms with van der Waals surface area (Å²) in [5.41, 5.74) is 1.68. The van der Waals surface area contributed by atoms with Gasteiger partial charge >= 0.3 is 0 Å². The lowest BCUT2D eigenvalue weighted by Crippen LogP contribution is -2.29. The van der Waals surface area contributed by atoms with Crippen molar-refractivity contribution in [2.45, 2.75) is 25.7 Å². The zero-order valence-electron chi connectivity index (χ0n) is 6.31. The van der Waals surface area contributed by atoms with Crippen LogP contribution in [-0.4, -0.2) is 13.2 Å². The van der Waals surface area contributed by atoms with Crippen LogP contribution < -0.4 is 0 Å². The Labute approximate surface area is 62.1 Å². The summed E-state index contributed by atoms with van der Waals surface area (Å²) in [5, 5.41) is 0. The van der Waals surface area contributed by atoms with E-state index >= 15 is 0 Å². The van der Waals surface area contributed by atoms with E-state index in [-0.39, 0.29) is 0 Å². The Hall–Kier alpha value is -0.300. The van der Waals surface area contributed by atoms with E-state index in [2.05, 4.69) is 6.08 Å². The molecule has 0 amide bonds. The molecule has 0 spiro atoms. The average molecular weight is 138 g/mol. The van der Waals surface area contributed by atoms with E-state index in [0.29, 0.717) is 0 Å². The molecular formula is C9H14O. The highest BCUT2D eigenvalue weighted by Crippen LogP contribution is 2.28. The zero-order valence-corrected chi connectivity index (χ0v) is 6.31. The number of hydrogen-bond acceptors (Lipinski definition) is 1. The van der Waals surface area contributed by atoms with Gasteiger partial charge in [-0.15, -0.1) is 0 Å². The molecule has 1 heteroatoms. The molecule has 10 heavy (non-hydrogen) atoms. The fourth-order valence-corrected chi connectivity index (χ4v) is 1.68. The van der Waals surface area contributed by atoms with Gasteiger partial charge in [0.05, 0.1) is 13.2 Å². The maximum Gasteiger partial charge on any atom is 0.0553 e. The first kappa shape index (κ1) is 6.41. The highest BCUT2D eigenvalue weighted by atomic mass is 16.5. The van der Waals surface area contributed by atoms with Crippen molar-refractivity contribution in [3.05, 3.63) is 11.6 Å². The molecule has 1 aliphatic heterocycles. The largest absolute Gasteiger partial charge is 0.380 e. The van der Waals surface area contributed by atoms with Gasteiger partial charge < -0.3 is 4.74 Å². The summed E-state index contributed by atoms with van der Waals surface area (Å²) in [6.45, 7) is 1.98. The van der Waals surface area contributed by atoms with Crippen molar-refractivity contribution < 1.29 is 4.74 Å². The summed E-state index contributed by atoms with van der Waals surface area (Å²) in [6.07, 6.45) is 7.88. The summed E-state index contributed by atoms with van der Waals surface area (Å²) in [7, 11) is 0. The topological polar surface area (TPSA) is 9.23 Å². The summed E-state index contributed by atoms with van der Waals surface area (Å²) in [5.74, 6) is 0.806. The SMILES string of the molecule is C1=C(C2COC2)CCCC1. The molecular weight excluding hydrogens is 124 g/mol. The highest BCUT2D eigenvalue weighted by Gasteiger charge is 2.22. The van der Waals surface area contributed by atoms with Crippen molar-refractivity contribution in [3.8, 4) is 0 Å². The fraction of sp³-hybridized carbons (Fsp3) is 0.778. The van der Waals surface area contributed by atoms with Crippen LogP contribution in [0.4, 0.5) is 0 Å². The normalized spacial score (nSPS) is 27.4. The van der Waals surface area contributed by atoms with Gasteiger partial charge in [0.15, 0.2) is 0 Å². The van der Waals surface area contributed by atoms with Crippen LogP contribution in [0.15, 0.2) is 11.6 Å². The Morgan fingerprint density at radius 2 is 2.20 bits per heavy atom. The van der Waals surface area contributed by atoms with Gasteiger partial charge in [-0.25, -0.2) is 0 Å². The predicted molar refractivity (Wildman–Crippen MR) is 40.9 cm³/mol. The number of rotatable bonds is 1. The van der Waals surface area contributed by atoms with Crippen LogP contribution in [0.25, 0.3) is 0 Å². The molecule has 1 saturated heterocycles. The molecule has 2 rings (SSSR count). The average Bonchev–Trinajstić information content (AvgIpc) is 1.86. The monoisotopic (exact) mass is 138 g/mol. The number of hydrogen-bond donors (Lipinski definition) is 0. The molecule has 0 aromatic carbocycles. The molecule has 1 nitrogen and oxygen atoms in total. The fourth-order valence-electron chi connectivity index (χ4n) is 1.68. The van der Waals surface area contributed by atoms with Crippen molar-refractivity contribution in [2.75, 3.05) is 13.2 Å². The third kappa shape index (κ3) is 1.10. The Bertz CT molecular complexity index is 145. The van der Waals surface area contributed by atoms with Crippen LogP contribution >= 0.6 is 0 Å². The van der Waals surface area contributed by atoms with Crippen molar-refractivity contribution in [1.29, 1.82) is 0 Å². The van der Waals surface area contributed by atoms with Crippen LogP contribution in [0.5, 0.6) is 0 Å². The van der Waals surface area contributed by atoms with Crippen molar-refractivity contribution in [1.82, 2.24) is 0 Å². The second-order valence-corrected chi connectivity index (χ2v) is 3.26. The Morgan fingerprint density at radius 3 is 2.70 bits per heavy atom. The Balaban J connectivity index is 1.94. The lowest BCUT2D eigenvalue weighted by atomic mass is 9.88. The molecule has 0 radical (unpaired) electrons. The maximum absolute atomic E-state index is 5.15. The lowest BCUT2D eigenvalue weighted by Gasteiger charge is -2.30. The van der Waals surface area contributed by atoms with Gasteiger partial charge in [0.25, 0.3) is 0 Å². The van der Waals surface area contributed by atoms with E-state index in [1.54, 1.807) is 5.57 Å². The van der Waals surface area contributed by atoms with Gasteiger partial charge in [-0.05, 0) is 25.7 Å². The molecule has 1 aliphatic carbocycles. The third-order valence-corrected chi connectivity index (χ3v) is 2.49. The van der Waals surface area contributed by atoms with Crippen LogP contribution in [0.1, 0.15) is 25.7 Å². The summed E-state index contributed by atoms with van der Waals surface area (Å²) >= 11 is 0.